The van der Waals surface area contributed by atoms with Gasteiger partial charge in [0.1, 0.15) is 34.9 Å². The summed E-state index contributed by atoms with van der Waals surface area (Å²) in [6, 6.07) is 25.0. The van der Waals surface area contributed by atoms with Crippen molar-refractivity contribution in [1.82, 2.24) is 4.90 Å². The molecule has 274 valence electrons. The Balaban J connectivity index is 1.81. The van der Waals surface area contributed by atoms with Crippen molar-refractivity contribution in [1.29, 1.82) is 0 Å². The van der Waals surface area contributed by atoms with E-state index in [1.807, 2.05) is 78.9 Å². The van der Waals surface area contributed by atoms with E-state index < -0.39 is 61.8 Å². The Kier molecular flexibility index (Phi) is 13.2. The standard InChI is InChI=1S/C38H52NO10P/c1-26(2)48-50(42,49-27(3)4)35(40)25-45-33-23-39(36(41)47-37(5,6)7)24-34(33)46-38(28-13-11-10-12-14-28,29-15-19-31(43-8)20-16-29)30-17-21-32(44-9)22-18-30/h10-22,26-27,33-35,40H,23-25H2,1-9H3/t33-,34+,35?/m1/s1. The minimum Gasteiger partial charge on any atom is -0.497 e. The largest absolute Gasteiger partial charge is 0.497 e. The maximum absolute atomic E-state index is 13.7. The molecule has 11 nitrogen and oxygen atoms in total. The van der Waals surface area contributed by atoms with E-state index >= 15 is 0 Å². The van der Waals surface area contributed by atoms with Crippen molar-refractivity contribution in [2.45, 2.75) is 89.9 Å². The summed E-state index contributed by atoms with van der Waals surface area (Å²) >= 11 is 0. The van der Waals surface area contributed by atoms with Crippen LogP contribution in [-0.2, 0) is 33.4 Å². The third kappa shape index (κ3) is 9.66. The molecule has 1 heterocycles. The zero-order valence-electron chi connectivity index (χ0n) is 30.5. The quantitative estimate of drug-likeness (QED) is 0.126. The van der Waals surface area contributed by atoms with E-state index in [9.17, 15) is 14.5 Å². The second-order valence-corrected chi connectivity index (χ2v) is 15.8. The first-order valence-electron chi connectivity index (χ1n) is 16.9. The zero-order chi connectivity index (χ0) is 36.7. The van der Waals surface area contributed by atoms with Gasteiger partial charge in [-0.2, -0.15) is 0 Å². The van der Waals surface area contributed by atoms with Crippen LogP contribution in [0.25, 0.3) is 0 Å². The summed E-state index contributed by atoms with van der Waals surface area (Å²) in [5.74, 6) is -0.242. The van der Waals surface area contributed by atoms with Gasteiger partial charge in [0.25, 0.3) is 0 Å². The van der Waals surface area contributed by atoms with E-state index in [2.05, 4.69) is 0 Å². The number of aliphatic hydroxyl groups excluding tert-OH is 1. The second kappa shape index (κ2) is 16.7. The number of carbonyl (C=O) groups is 1. The summed E-state index contributed by atoms with van der Waals surface area (Å²) in [6.45, 7) is 12.1. The van der Waals surface area contributed by atoms with Gasteiger partial charge >= 0.3 is 13.7 Å². The normalized spacial score (nSPS) is 17.6. The van der Waals surface area contributed by atoms with Crippen molar-refractivity contribution in [2.75, 3.05) is 33.9 Å². The third-order valence-corrected chi connectivity index (χ3v) is 10.2. The fraction of sp³-hybridized carbons (Fsp3) is 0.500. The van der Waals surface area contributed by atoms with Crippen molar-refractivity contribution in [3.8, 4) is 11.5 Å². The van der Waals surface area contributed by atoms with Gasteiger partial charge in [0, 0.05) is 0 Å². The van der Waals surface area contributed by atoms with E-state index in [4.69, 9.17) is 32.7 Å². The first-order valence-corrected chi connectivity index (χ1v) is 18.5. The number of carbonyl (C=O) groups excluding carboxylic acids is 1. The van der Waals surface area contributed by atoms with E-state index in [1.165, 1.54) is 4.90 Å². The van der Waals surface area contributed by atoms with Crippen LogP contribution in [-0.4, -0.2) is 85.9 Å². The van der Waals surface area contributed by atoms with Crippen molar-refractivity contribution in [3.05, 3.63) is 95.6 Å². The summed E-state index contributed by atoms with van der Waals surface area (Å²) in [6.07, 6.45) is -3.01. The lowest BCUT2D eigenvalue weighted by Gasteiger charge is -2.39. The first kappa shape index (κ1) is 39.3. The number of likely N-dealkylation sites (tertiary alicyclic amines) is 1. The highest BCUT2D eigenvalue weighted by atomic mass is 31.2. The second-order valence-electron chi connectivity index (χ2n) is 13.7. The molecule has 1 unspecified atom stereocenters. The number of hydrogen-bond acceptors (Lipinski definition) is 10. The van der Waals surface area contributed by atoms with Crippen LogP contribution in [0.5, 0.6) is 11.5 Å². The number of nitrogens with zero attached hydrogens (tertiary/aromatic N) is 1. The van der Waals surface area contributed by atoms with E-state index in [0.717, 1.165) is 16.7 Å². The lowest BCUT2D eigenvalue weighted by atomic mass is 9.79. The molecule has 1 saturated heterocycles. The fourth-order valence-corrected chi connectivity index (χ4v) is 7.58. The lowest BCUT2D eigenvalue weighted by molar-refractivity contribution is -0.108. The van der Waals surface area contributed by atoms with Gasteiger partial charge in [-0.25, -0.2) is 4.79 Å². The summed E-state index contributed by atoms with van der Waals surface area (Å²) < 4.78 is 55.3. The topological polar surface area (TPSA) is 122 Å². The number of ether oxygens (including phenoxy) is 5. The van der Waals surface area contributed by atoms with Crippen LogP contribution in [0.15, 0.2) is 78.9 Å². The van der Waals surface area contributed by atoms with E-state index in [0.29, 0.717) is 11.5 Å². The van der Waals surface area contributed by atoms with Gasteiger partial charge < -0.3 is 42.7 Å². The molecule has 3 atom stereocenters. The highest BCUT2D eigenvalue weighted by molar-refractivity contribution is 7.54. The van der Waals surface area contributed by atoms with Gasteiger partial charge in [0.05, 0.1) is 46.1 Å². The molecular weight excluding hydrogens is 661 g/mol. The summed E-state index contributed by atoms with van der Waals surface area (Å²) in [5, 5.41) is 11.2. The number of rotatable bonds is 15. The molecule has 50 heavy (non-hydrogen) atoms. The smallest absolute Gasteiger partial charge is 0.410 e. The van der Waals surface area contributed by atoms with Gasteiger partial charge in [0.2, 0.25) is 0 Å². The van der Waals surface area contributed by atoms with Crippen molar-refractivity contribution < 1.29 is 47.2 Å². The predicted octanol–water partition coefficient (Wildman–Crippen LogP) is 7.38. The Morgan fingerprint density at radius 1 is 0.780 bits per heavy atom. The van der Waals surface area contributed by atoms with Crippen LogP contribution in [0.4, 0.5) is 4.79 Å². The summed E-state index contributed by atoms with van der Waals surface area (Å²) in [5.41, 5.74) is 0.460. The first-order chi connectivity index (χ1) is 23.6. The highest BCUT2D eigenvalue weighted by Gasteiger charge is 2.47. The average Bonchev–Trinajstić information content (AvgIpc) is 3.47. The molecule has 0 saturated carbocycles. The molecule has 12 heteroatoms. The molecule has 3 aromatic rings. The van der Waals surface area contributed by atoms with Crippen molar-refractivity contribution >= 4 is 13.7 Å². The minimum atomic E-state index is -4.00. The van der Waals surface area contributed by atoms with Gasteiger partial charge in [-0.1, -0.05) is 54.6 Å². The molecule has 4 rings (SSSR count). The Bertz CT molecular complexity index is 1500. The molecule has 1 amide bonds. The molecule has 0 aliphatic carbocycles. The number of benzene rings is 3. The van der Waals surface area contributed by atoms with Crippen LogP contribution in [0.2, 0.25) is 0 Å². The summed E-state index contributed by atoms with van der Waals surface area (Å²) in [7, 11) is -0.785. The molecular formula is C38H52NO10P. The number of amides is 1. The van der Waals surface area contributed by atoms with Crippen LogP contribution < -0.4 is 9.47 Å². The number of methoxy groups -OCH3 is 2. The Morgan fingerprint density at radius 2 is 1.24 bits per heavy atom. The zero-order valence-corrected chi connectivity index (χ0v) is 31.4. The maximum atomic E-state index is 13.7. The molecule has 1 N–H and O–H groups in total. The Hall–Kier alpha value is -3.44. The van der Waals surface area contributed by atoms with Gasteiger partial charge in [-0.05, 0) is 89.4 Å². The Labute approximate surface area is 296 Å². The SMILES string of the molecule is COc1ccc(C(O[C@H]2CN(C(=O)OC(C)(C)C)C[C@H]2OCC(O)P(=O)(OC(C)C)OC(C)C)(c2ccccc2)c2ccc(OC)cc2)cc1. The lowest BCUT2D eigenvalue weighted by Crippen LogP contribution is -2.42. The van der Waals surface area contributed by atoms with Crippen molar-refractivity contribution in [2.24, 2.45) is 0 Å². The number of hydrogen-bond donors (Lipinski definition) is 1. The number of aliphatic hydroxyl groups is 1. The van der Waals surface area contributed by atoms with Crippen molar-refractivity contribution in [3.63, 3.8) is 0 Å². The highest BCUT2D eigenvalue weighted by Crippen LogP contribution is 2.54. The monoisotopic (exact) mass is 713 g/mol. The van der Waals surface area contributed by atoms with Gasteiger partial charge in [0.15, 0.2) is 5.85 Å². The molecule has 1 aliphatic rings. The minimum absolute atomic E-state index is 0.0861. The molecule has 0 aromatic heterocycles. The van der Waals surface area contributed by atoms with Crippen LogP contribution >= 0.6 is 7.60 Å². The Morgan fingerprint density at radius 3 is 1.68 bits per heavy atom. The van der Waals surface area contributed by atoms with E-state index in [-0.39, 0.29) is 13.1 Å². The fourth-order valence-electron chi connectivity index (χ4n) is 5.80. The van der Waals surface area contributed by atoms with E-state index in [1.54, 1.807) is 62.7 Å². The van der Waals surface area contributed by atoms with Gasteiger partial charge in [-0.3, -0.25) is 4.57 Å². The maximum Gasteiger partial charge on any atom is 0.410 e. The molecule has 1 aliphatic heterocycles. The van der Waals surface area contributed by atoms with Gasteiger partial charge in [-0.15, -0.1) is 0 Å². The molecule has 3 aromatic carbocycles. The predicted molar refractivity (Wildman–Crippen MR) is 191 cm³/mol. The third-order valence-electron chi connectivity index (χ3n) is 7.91. The molecule has 1 fully saturated rings. The van der Waals surface area contributed by atoms with Crippen LogP contribution in [0.3, 0.4) is 0 Å². The molecule has 0 radical (unpaired) electrons. The summed E-state index contributed by atoms with van der Waals surface area (Å²) in [4.78, 5) is 15.0. The molecule has 0 bridgehead atoms. The van der Waals surface area contributed by atoms with Crippen LogP contribution in [0, 0.1) is 0 Å². The average molecular weight is 714 g/mol. The molecule has 0 spiro atoms. The van der Waals surface area contributed by atoms with Crippen LogP contribution in [0.1, 0.15) is 65.2 Å².